The molecule has 34 heavy (non-hydrogen) atoms. The SMILES string of the molecule is COc1ccc(C(=O)c2c(O)c(O)n(-c3ccc(-c4cocn4)cc3)c2C2CCCCC2)cc1. The van der Waals surface area contributed by atoms with Gasteiger partial charge in [-0.2, -0.15) is 0 Å². The average molecular weight is 459 g/mol. The van der Waals surface area contributed by atoms with Crippen LogP contribution in [0.1, 0.15) is 59.6 Å². The summed E-state index contributed by atoms with van der Waals surface area (Å²) in [6, 6.07) is 14.2. The fourth-order valence-electron chi connectivity index (χ4n) is 4.84. The largest absolute Gasteiger partial charge is 0.503 e. The zero-order chi connectivity index (χ0) is 23.7. The second-order valence-corrected chi connectivity index (χ2v) is 8.58. The van der Waals surface area contributed by atoms with Crippen LogP contribution in [0.15, 0.2) is 65.6 Å². The molecule has 7 nitrogen and oxygen atoms in total. The molecule has 0 spiro atoms. The fourth-order valence-corrected chi connectivity index (χ4v) is 4.84. The van der Waals surface area contributed by atoms with Crippen LogP contribution in [-0.2, 0) is 0 Å². The number of ether oxygens (including phenoxy) is 1. The number of carbonyl (C=O) groups excluding carboxylic acids is 1. The number of hydrogen-bond acceptors (Lipinski definition) is 6. The molecule has 1 saturated carbocycles. The van der Waals surface area contributed by atoms with Gasteiger partial charge in [-0.05, 0) is 49.2 Å². The van der Waals surface area contributed by atoms with Crippen molar-refractivity contribution >= 4 is 5.78 Å². The third-order valence-corrected chi connectivity index (χ3v) is 6.58. The Morgan fingerprint density at radius 3 is 2.35 bits per heavy atom. The van der Waals surface area contributed by atoms with Gasteiger partial charge in [-0.3, -0.25) is 9.36 Å². The van der Waals surface area contributed by atoms with E-state index in [4.69, 9.17) is 9.15 Å². The summed E-state index contributed by atoms with van der Waals surface area (Å²) in [5, 5.41) is 22.0. The minimum absolute atomic E-state index is 0.0490. The molecule has 4 aromatic rings. The van der Waals surface area contributed by atoms with Crippen molar-refractivity contribution in [2.45, 2.75) is 38.0 Å². The normalized spacial score (nSPS) is 14.3. The molecule has 0 bridgehead atoms. The highest BCUT2D eigenvalue weighted by atomic mass is 16.5. The van der Waals surface area contributed by atoms with Crippen molar-refractivity contribution in [3.05, 3.63) is 78.0 Å². The molecule has 2 aromatic carbocycles. The molecule has 1 aliphatic carbocycles. The van der Waals surface area contributed by atoms with Crippen LogP contribution in [0.2, 0.25) is 0 Å². The number of aromatic hydroxyl groups is 2. The Bertz CT molecular complexity index is 1280. The van der Waals surface area contributed by atoms with Crippen LogP contribution in [-0.4, -0.2) is 32.7 Å². The van der Waals surface area contributed by atoms with E-state index in [-0.39, 0.29) is 28.9 Å². The first kappa shape index (κ1) is 21.8. The Morgan fingerprint density at radius 1 is 1.03 bits per heavy atom. The quantitative estimate of drug-likeness (QED) is 0.353. The monoisotopic (exact) mass is 458 g/mol. The van der Waals surface area contributed by atoms with Crippen LogP contribution in [0, 0.1) is 0 Å². The first-order chi connectivity index (χ1) is 16.6. The van der Waals surface area contributed by atoms with Gasteiger partial charge in [0, 0.05) is 28.4 Å². The number of nitrogens with zero attached hydrogens (tertiary/aromatic N) is 2. The number of benzene rings is 2. The molecule has 7 heteroatoms. The summed E-state index contributed by atoms with van der Waals surface area (Å²) in [6.07, 6.45) is 7.94. The average Bonchev–Trinajstić information content (AvgIpc) is 3.52. The molecule has 2 aromatic heterocycles. The molecule has 174 valence electrons. The molecule has 5 rings (SSSR count). The highest BCUT2D eigenvalue weighted by Crippen LogP contribution is 2.46. The standard InChI is InChI=1S/C27H26N2O5/c1-33-21-13-9-19(10-14-21)25(30)23-24(18-5-3-2-4-6-18)29(27(32)26(23)31)20-11-7-17(8-12-20)22-15-34-16-28-22/h7-16,18,31-32H,2-6H2,1H3. The zero-order valence-electron chi connectivity index (χ0n) is 18.9. The Kier molecular flexibility index (Phi) is 5.84. The summed E-state index contributed by atoms with van der Waals surface area (Å²) in [4.78, 5) is 17.8. The van der Waals surface area contributed by atoms with Crippen molar-refractivity contribution in [2.75, 3.05) is 7.11 Å². The highest BCUT2D eigenvalue weighted by Gasteiger charge is 2.33. The van der Waals surface area contributed by atoms with Crippen LogP contribution in [0.5, 0.6) is 17.4 Å². The van der Waals surface area contributed by atoms with Gasteiger partial charge < -0.3 is 19.4 Å². The van der Waals surface area contributed by atoms with Crippen molar-refractivity contribution < 1.29 is 24.2 Å². The van der Waals surface area contributed by atoms with E-state index in [0.29, 0.717) is 28.4 Å². The molecule has 0 saturated heterocycles. The van der Waals surface area contributed by atoms with E-state index < -0.39 is 0 Å². The Balaban J connectivity index is 1.63. The van der Waals surface area contributed by atoms with Crippen molar-refractivity contribution in [2.24, 2.45) is 0 Å². The summed E-state index contributed by atoms with van der Waals surface area (Å²) in [6.45, 7) is 0. The topological polar surface area (TPSA) is 97.7 Å². The number of carbonyl (C=O) groups is 1. The number of hydrogen-bond donors (Lipinski definition) is 2. The molecule has 1 fully saturated rings. The van der Waals surface area contributed by atoms with Crippen molar-refractivity contribution in [3.63, 3.8) is 0 Å². The Hall–Kier alpha value is -4.00. The minimum atomic E-state index is -0.387. The van der Waals surface area contributed by atoms with Crippen molar-refractivity contribution in [1.29, 1.82) is 0 Å². The van der Waals surface area contributed by atoms with E-state index in [1.807, 2.05) is 24.3 Å². The minimum Gasteiger partial charge on any atom is -0.503 e. The lowest BCUT2D eigenvalue weighted by Crippen LogP contribution is -2.14. The highest BCUT2D eigenvalue weighted by molar-refractivity contribution is 6.12. The molecular formula is C27H26N2O5. The molecule has 1 aliphatic rings. The van der Waals surface area contributed by atoms with Gasteiger partial charge in [-0.15, -0.1) is 0 Å². The van der Waals surface area contributed by atoms with E-state index in [9.17, 15) is 15.0 Å². The molecular weight excluding hydrogens is 432 g/mol. The molecule has 0 amide bonds. The summed E-state index contributed by atoms with van der Waals surface area (Å²) in [5.41, 5.74) is 3.47. The van der Waals surface area contributed by atoms with Crippen LogP contribution in [0.4, 0.5) is 0 Å². The summed E-state index contributed by atoms with van der Waals surface area (Å²) in [5.74, 6) is -0.351. The lowest BCUT2D eigenvalue weighted by atomic mass is 9.84. The Morgan fingerprint density at radius 2 is 1.74 bits per heavy atom. The number of oxazole rings is 1. The van der Waals surface area contributed by atoms with E-state index >= 15 is 0 Å². The van der Waals surface area contributed by atoms with E-state index in [1.54, 1.807) is 42.2 Å². The van der Waals surface area contributed by atoms with Crippen molar-refractivity contribution in [3.8, 4) is 34.3 Å². The second-order valence-electron chi connectivity index (χ2n) is 8.58. The summed E-state index contributed by atoms with van der Waals surface area (Å²) >= 11 is 0. The fraction of sp³-hybridized carbons (Fsp3) is 0.259. The third kappa shape index (κ3) is 3.83. The first-order valence-corrected chi connectivity index (χ1v) is 11.4. The van der Waals surface area contributed by atoms with Crippen LogP contribution < -0.4 is 4.74 Å². The van der Waals surface area contributed by atoms with Crippen LogP contribution >= 0.6 is 0 Å². The summed E-state index contributed by atoms with van der Waals surface area (Å²) in [7, 11) is 1.57. The predicted molar refractivity (Wildman–Crippen MR) is 127 cm³/mol. The number of ketones is 1. The third-order valence-electron chi connectivity index (χ3n) is 6.58. The molecule has 0 unspecified atom stereocenters. The first-order valence-electron chi connectivity index (χ1n) is 11.4. The Labute approximate surface area is 197 Å². The predicted octanol–water partition coefficient (Wildman–Crippen LogP) is 5.83. The van der Waals surface area contributed by atoms with Gasteiger partial charge in [0.1, 0.15) is 17.7 Å². The molecule has 2 N–H and O–H groups in total. The van der Waals surface area contributed by atoms with Gasteiger partial charge in [0.25, 0.3) is 0 Å². The van der Waals surface area contributed by atoms with Crippen LogP contribution in [0.3, 0.4) is 0 Å². The maximum absolute atomic E-state index is 13.6. The molecule has 0 radical (unpaired) electrons. The maximum atomic E-state index is 13.6. The van der Waals surface area contributed by atoms with E-state index in [2.05, 4.69) is 4.98 Å². The molecule has 2 heterocycles. The van der Waals surface area contributed by atoms with Gasteiger partial charge in [-0.25, -0.2) is 4.98 Å². The summed E-state index contributed by atoms with van der Waals surface area (Å²) < 4.78 is 11.9. The van der Waals surface area contributed by atoms with Gasteiger partial charge >= 0.3 is 0 Å². The van der Waals surface area contributed by atoms with E-state index in [0.717, 1.165) is 37.7 Å². The lowest BCUT2D eigenvalue weighted by Gasteiger charge is -2.25. The van der Waals surface area contributed by atoms with Gasteiger partial charge in [-0.1, -0.05) is 31.4 Å². The number of methoxy groups -OCH3 is 1. The number of aromatic nitrogens is 2. The van der Waals surface area contributed by atoms with E-state index in [1.165, 1.54) is 6.39 Å². The lowest BCUT2D eigenvalue weighted by molar-refractivity contribution is 0.103. The molecule has 0 aliphatic heterocycles. The van der Waals surface area contributed by atoms with Crippen molar-refractivity contribution in [1.82, 2.24) is 9.55 Å². The van der Waals surface area contributed by atoms with Gasteiger partial charge in [0.15, 0.2) is 17.9 Å². The maximum Gasteiger partial charge on any atom is 0.240 e. The smallest absolute Gasteiger partial charge is 0.240 e. The molecule has 0 atom stereocenters. The van der Waals surface area contributed by atoms with Gasteiger partial charge in [0.05, 0.1) is 12.7 Å². The second kappa shape index (κ2) is 9.09. The number of rotatable bonds is 6. The van der Waals surface area contributed by atoms with Gasteiger partial charge in [0.2, 0.25) is 5.88 Å². The zero-order valence-corrected chi connectivity index (χ0v) is 18.9. The van der Waals surface area contributed by atoms with Crippen LogP contribution in [0.25, 0.3) is 16.9 Å².